The number of phosphoric acid groups is 1. The highest BCUT2D eigenvalue weighted by molar-refractivity contribution is 7.45. The molecule has 0 saturated heterocycles. The lowest BCUT2D eigenvalue weighted by Gasteiger charge is -2.28. The predicted octanol–water partition coefficient (Wildman–Crippen LogP) is 28.9. The van der Waals surface area contributed by atoms with E-state index in [-0.39, 0.29) is 32.0 Å². The van der Waals surface area contributed by atoms with Crippen molar-refractivity contribution in [1.82, 2.24) is 0 Å². The number of nitrogens with zero attached hydrogens (tertiary/aromatic N) is 1. The summed E-state index contributed by atoms with van der Waals surface area (Å²) in [4.78, 5) is 38.3. The second-order valence-corrected chi connectivity index (χ2v) is 31.9. The van der Waals surface area contributed by atoms with Crippen LogP contribution in [0, 0.1) is 0 Å². The molecule has 592 valence electrons. The van der Waals surface area contributed by atoms with Crippen LogP contribution >= 0.6 is 7.82 Å². The summed E-state index contributed by atoms with van der Waals surface area (Å²) in [5.41, 5.74) is 0. The first-order chi connectivity index (χ1) is 50.0. The lowest BCUT2D eigenvalue weighted by Crippen LogP contribution is -2.37. The van der Waals surface area contributed by atoms with Gasteiger partial charge in [0, 0.05) is 12.8 Å². The molecule has 0 radical (unpaired) electrons. The number of likely N-dealkylation sites (N-methyl/N-ethyl adjacent to an activating group) is 1. The topological polar surface area (TPSA) is 111 Å². The average molecular weight is 1450 g/mol. The van der Waals surface area contributed by atoms with Gasteiger partial charge < -0.3 is 27.9 Å². The zero-order valence-corrected chi connectivity index (χ0v) is 68.7. The SMILES string of the molecule is CC/C=C\C/C=C\C/C=C\C/C=C\C/C=C\C/C=C\CCCCCCCCCCCCCCCCCCCCCCCCC(=O)OC(COC(=O)CCCCCCCCCCCCCCCCCCCCCCCC/C=C\C/C=C\C/C=C\CCCCCCC)COP(=O)([O-])OCC[N+](C)(C)C. The Labute approximate surface area is 633 Å². The summed E-state index contributed by atoms with van der Waals surface area (Å²) in [6.07, 6.45) is 117. The number of rotatable bonds is 81. The van der Waals surface area contributed by atoms with Crippen molar-refractivity contribution in [3.63, 3.8) is 0 Å². The van der Waals surface area contributed by atoms with E-state index in [1.807, 2.05) is 21.1 Å². The Morgan fingerprint density at radius 3 is 0.833 bits per heavy atom. The number of allylic oxidation sites excluding steroid dienone is 18. The smallest absolute Gasteiger partial charge is 0.306 e. The van der Waals surface area contributed by atoms with Gasteiger partial charge in [-0.1, -0.05) is 406 Å². The lowest BCUT2D eigenvalue weighted by molar-refractivity contribution is -0.870. The summed E-state index contributed by atoms with van der Waals surface area (Å²) in [5.74, 6) is -0.813. The minimum atomic E-state index is -4.65. The molecule has 0 aromatic heterocycles. The minimum absolute atomic E-state index is 0.0304. The highest BCUT2D eigenvalue weighted by atomic mass is 31.2. The maximum Gasteiger partial charge on any atom is 0.306 e. The van der Waals surface area contributed by atoms with Crippen LogP contribution in [0.4, 0.5) is 0 Å². The van der Waals surface area contributed by atoms with E-state index >= 15 is 0 Å². The van der Waals surface area contributed by atoms with E-state index in [0.717, 1.165) is 89.9 Å². The first-order valence-corrected chi connectivity index (χ1v) is 45.1. The second-order valence-electron chi connectivity index (χ2n) is 30.5. The number of ether oxygens (including phenoxy) is 2. The monoisotopic (exact) mass is 1440 g/mol. The van der Waals surface area contributed by atoms with Crippen molar-refractivity contribution in [2.45, 2.75) is 418 Å². The van der Waals surface area contributed by atoms with Crippen molar-refractivity contribution in [2.24, 2.45) is 0 Å². The summed E-state index contributed by atoms with van der Waals surface area (Å²) in [7, 11) is 1.18. The minimum Gasteiger partial charge on any atom is -0.756 e. The molecule has 10 heteroatoms. The molecule has 2 atom stereocenters. The third-order valence-corrected chi connectivity index (χ3v) is 20.2. The number of unbranched alkanes of at least 4 members (excludes halogenated alkanes) is 49. The molecule has 0 fully saturated rings. The fourth-order valence-corrected chi connectivity index (χ4v) is 13.4. The fraction of sp³-hybridized carbons (Fsp3) is 0.783. The Kier molecular flexibility index (Phi) is 79.1. The number of carbonyl (C=O) groups is 2. The van der Waals surface area contributed by atoms with Crippen LogP contribution < -0.4 is 4.89 Å². The number of hydrogen-bond acceptors (Lipinski definition) is 8. The van der Waals surface area contributed by atoms with Crippen molar-refractivity contribution in [1.29, 1.82) is 0 Å². The molecule has 0 saturated carbocycles. The molecule has 0 aromatic carbocycles. The number of hydrogen-bond donors (Lipinski definition) is 0. The van der Waals surface area contributed by atoms with Crippen LogP contribution in [0.1, 0.15) is 412 Å². The van der Waals surface area contributed by atoms with Crippen LogP contribution in [0.15, 0.2) is 109 Å². The Hall–Kier alpha value is -3.33. The molecule has 102 heavy (non-hydrogen) atoms. The third-order valence-electron chi connectivity index (χ3n) is 19.3. The maximum atomic E-state index is 12.9. The maximum absolute atomic E-state index is 12.9. The molecule has 2 unspecified atom stereocenters. The molecule has 0 aromatic rings. The van der Waals surface area contributed by atoms with Crippen LogP contribution in [0.25, 0.3) is 0 Å². The molecule has 0 heterocycles. The van der Waals surface area contributed by atoms with E-state index < -0.39 is 26.5 Å². The van der Waals surface area contributed by atoms with Crippen LogP contribution in [0.2, 0.25) is 0 Å². The molecule has 0 rings (SSSR count). The van der Waals surface area contributed by atoms with Gasteiger partial charge in [0.15, 0.2) is 6.10 Å². The van der Waals surface area contributed by atoms with Crippen molar-refractivity contribution >= 4 is 19.8 Å². The summed E-state index contributed by atoms with van der Waals surface area (Å²) < 4.78 is 34.5. The van der Waals surface area contributed by atoms with Crippen molar-refractivity contribution in [3.05, 3.63) is 109 Å². The number of quaternary nitrogens is 1. The van der Waals surface area contributed by atoms with Gasteiger partial charge in [0.25, 0.3) is 7.82 Å². The van der Waals surface area contributed by atoms with Gasteiger partial charge >= 0.3 is 11.9 Å². The van der Waals surface area contributed by atoms with E-state index in [1.165, 1.54) is 289 Å². The molecule has 0 bridgehead atoms. The summed E-state index contributed by atoms with van der Waals surface area (Å²) in [5, 5.41) is 0. The summed E-state index contributed by atoms with van der Waals surface area (Å²) >= 11 is 0. The van der Waals surface area contributed by atoms with Crippen molar-refractivity contribution in [3.8, 4) is 0 Å². The van der Waals surface area contributed by atoms with Gasteiger partial charge in [-0.25, -0.2) is 0 Å². The van der Waals surface area contributed by atoms with Crippen LogP contribution in [0.3, 0.4) is 0 Å². The lowest BCUT2D eigenvalue weighted by atomic mass is 10.0. The average Bonchev–Trinajstić information content (AvgIpc) is 0.916. The number of phosphoric ester groups is 1. The Bertz CT molecular complexity index is 2100. The molecule has 0 aliphatic heterocycles. The first kappa shape index (κ1) is 98.7. The van der Waals surface area contributed by atoms with Gasteiger partial charge in [-0.2, -0.15) is 0 Å². The van der Waals surface area contributed by atoms with Crippen LogP contribution in [-0.4, -0.2) is 70.0 Å². The van der Waals surface area contributed by atoms with Gasteiger partial charge in [0.1, 0.15) is 19.8 Å². The van der Waals surface area contributed by atoms with E-state index in [0.29, 0.717) is 17.4 Å². The standard InChI is InChI=1S/C92H166NO8P/c1-6-8-10-12-14-16-18-20-22-24-26-28-30-32-34-36-38-40-42-44-45-46-47-49-51-53-55-57-59-61-63-65-67-69-71-73-75-77-79-81-83-85-92(95)101-90(89-100-102(96,97)99-87-86-93(3,4)5)88-98-91(94)84-82-80-78-76-74-72-70-68-66-64-62-60-58-56-54-52-50-48-43-41-39-37-35-33-31-29-27-25-23-21-19-17-15-13-11-9-7-2/h8,10,14,16,19-22,25-28,31-34,38,40,90H,6-7,9,11-13,15,17-18,23-24,29-30,35-37,39,41-89H2,1-5H3/b10-8-,16-14-,21-19-,22-20-,27-25-,28-26-,33-31-,34-32-,40-38-. The van der Waals surface area contributed by atoms with Crippen LogP contribution in [0.5, 0.6) is 0 Å². The van der Waals surface area contributed by atoms with Crippen molar-refractivity contribution < 1.29 is 42.1 Å². The Balaban J connectivity index is 3.89. The molecule has 0 amide bonds. The second kappa shape index (κ2) is 81.7. The fourth-order valence-electron chi connectivity index (χ4n) is 12.7. The quantitative estimate of drug-likeness (QED) is 0.0195. The number of carbonyl (C=O) groups excluding carboxylic acids is 2. The van der Waals surface area contributed by atoms with E-state index in [2.05, 4.69) is 123 Å². The summed E-state index contributed by atoms with van der Waals surface area (Å²) in [6.45, 7) is 4.17. The van der Waals surface area contributed by atoms with E-state index in [1.54, 1.807) is 0 Å². The molecule has 0 N–H and O–H groups in total. The number of esters is 2. The van der Waals surface area contributed by atoms with Gasteiger partial charge in [-0.15, -0.1) is 0 Å². The normalized spacial score (nSPS) is 13.5. The Morgan fingerprint density at radius 2 is 0.559 bits per heavy atom. The van der Waals surface area contributed by atoms with E-state index in [4.69, 9.17) is 18.5 Å². The molecule has 0 aliphatic rings. The van der Waals surface area contributed by atoms with Crippen molar-refractivity contribution in [2.75, 3.05) is 47.5 Å². The zero-order valence-electron chi connectivity index (χ0n) is 67.8. The molecular weight excluding hydrogens is 1280 g/mol. The van der Waals surface area contributed by atoms with Gasteiger partial charge in [-0.05, 0) is 103 Å². The highest BCUT2D eigenvalue weighted by Crippen LogP contribution is 2.38. The van der Waals surface area contributed by atoms with E-state index in [9.17, 15) is 19.0 Å². The van der Waals surface area contributed by atoms with Gasteiger partial charge in [0.2, 0.25) is 0 Å². The molecular formula is C92H166NO8P. The van der Waals surface area contributed by atoms with Gasteiger partial charge in [0.05, 0.1) is 27.7 Å². The third kappa shape index (κ3) is 85.6. The predicted molar refractivity (Wildman–Crippen MR) is 443 cm³/mol. The molecule has 0 aliphatic carbocycles. The molecule has 9 nitrogen and oxygen atoms in total. The highest BCUT2D eigenvalue weighted by Gasteiger charge is 2.22. The largest absolute Gasteiger partial charge is 0.756 e. The van der Waals surface area contributed by atoms with Gasteiger partial charge in [-0.3, -0.25) is 14.2 Å². The van der Waals surface area contributed by atoms with Crippen LogP contribution in [-0.2, 0) is 32.7 Å². The zero-order chi connectivity index (χ0) is 74.0. The first-order valence-electron chi connectivity index (χ1n) is 43.6. The summed E-state index contributed by atoms with van der Waals surface area (Å²) in [6, 6.07) is 0. The Morgan fingerprint density at radius 1 is 0.314 bits per heavy atom. The molecule has 0 spiro atoms.